The van der Waals surface area contributed by atoms with E-state index in [1.165, 1.54) is 22.0 Å². The number of aryl methyl sites for hydroxylation is 1. The van der Waals surface area contributed by atoms with Gasteiger partial charge in [-0.05, 0) is 56.0 Å². The molecule has 130 valence electrons. The fraction of sp³-hybridized carbons (Fsp3) is 0.333. The number of pyridine rings is 1. The zero-order valence-electron chi connectivity index (χ0n) is 14.9. The second kappa shape index (κ2) is 7.97. The first-order valence-electron chi connectivity index (χ1n) is 8.89. The van der Waals surface area contributed by atoms with Gasteiger partial charge in [0.2, 0.25) is 5.91 Å². The van der Waals surface area contributed by atoms with E-state index in [0.717, 1.165) is 12.8 Å². The van der Waals surface area contributed by atoms with Crippen LogP contribution >= 0.6 is 0 Å². The first-order valence-corrected chi connectivity index (χ1v) is 8.89. The molecule has 2 aromatic heterocycles. The highest BCUT2D eigenvalue weighted by atomic mass is 16.1. The largest absolute Gasteiger partial charge is 0.356 e. The predicted octanol–water partition coefficient (Wildman–Crippen LogP) is 3.91. The number of para-hydroxylation sites is 1. The lowest BCUT2D eigenvalue weighted by Crippen LogP contribution is -2.25. The van der Waals surface area contributed by atoms with Gasteiger partial charge in [-0.25, -0.2) is 0 Å². The van der Waals surface area contributed by atoms with Crippen LogP contribution in [-0.2, 0) is 17.6 Å². The van der Waals surface area contributed by atoms with E-state index in [9.17, 15) is 4.79 Å². The van der Waals surface area contributed by atoms with Crippen molar-refractivity contribution in [2.45, 2.75) is 39.2 Å². The lowest BCUT2D eigenvalue weighted by molar-refractivity contribution is -0.121. The Hall–Kier alpha value is -2.62. The molecule has 0 aliphatic rings. The first-order chi connectivity index (χ1) is 12.1. The van der Waals surface area contributed by atoms with Gasteiger partial charge in [0, 0.05) is 48.5 Å². The minimum Gasteiger partial charge on any atom is -0.356 e. The minimum absolute atomic E-state index is 0.107. The maximum absolute atomic E-state index is 12.2. The van der Waals surface area contributed by atoms with Crippen LogP contribution in [0.3, 0.4) is 0 Å². The lowest BCUT2D eigenvalue weighted by atomic mass is 10.1. The van der Waals surface area contributed by atoms with Crippen LogP contribution in [-0.4, -0.2) is 22.0 Å². The molecule has 0 saturated carbocycles. The summed E-state index contributed by atoms with van der Waals surface area (Å²) in [7, 11) is 0. The summed E-state index contributed by atoms with van der Waals surface area (Å²) in [6.07, 6.45) is 7.87. The summed E-state index contributed by atoms with van der Waals surface area (Å²) in [6.45, 7) is 5.03. The number of carbonyl (C=O) groups excluding carboxylic acids is 1. The third-order valence-electron chi connectivity index (χ3n) is 4.49. The van der Waals surface area contributed by atoms with Crippen molar-refractivity contribution in [3.63, 3.8) is 0 Å². The monoisotopic (exact) mass is 335 g/mol. The quantitative estimate of drug-likeness (QED) is 0.711. The third-order valence-corrected chi connectivity index (χ3v) is 4.49. The number of benzene rings is 1. The topological polar surface area (TPSA) is 46.9 Å². The normalized spacial score (nSPS) is 11.2. The van der Waals surface area contributed by atoms with Crippen LogP contribution in [0.5, 0.6) is 0 Å². The summed E-state index contributed by atoms with van der Waals surface area (Å²) in [4.78, 5) is 16.2. The summed E-state index contributed by atoms with van der Waals surface area (Å²) < 4.78 is 2.28. The molecule has 2 heterocycles. The number of hydrogen-bond donors (Lipinski definition) is 1. The van der Waals surface area contributed by atoms with E-state index in [1.807, 2.05) is 12.1 Å². The van der Waals surface area contributed by atoms with Crippen molar-refractivity contribution in [2.75, 3.05) is 6.54 Å². The molecule has 1 N–H and O–H groups in total. The van der Waals surface area contributed by atoms with Crippen molar-refractivity contribution in [3.05, 3.63) is 66.1 Å². The Bertz CT molecular complexity index is 837. The third kappa shape index (κ3) is 4.27. The summed E-state index contributed by atoms with van der Waals surface area (Å²) in [6, 6.07) is 12.8. The Morgan fingerprint density at radius 1 is 1.12 bits per heavy atom. The summed E-state index contributed by atoms with van der Waals surface area (Å²) in [5.74, 6) is 0.107. The maximum atomic E-state index is 12.2. The molecule has 0 fully saturated rings. The number of nitrogens with zero attached hydrogens (tertiary/aromatic N) is 2. The van der Waals surface area contributed by atoms with Gasteiger partial charge in [-0.3, -0.25) is 9.78 Å². The minimum atomic E-state index is 0.107. The molecule has 0 atom stereocenters. The van der Waals surface area contributed by atoms with Gasteiger partial charge >= 0.3 is 0 Å². The molecule has 3 rings (SSSR count). The van der Waals surface area contributed by atoms with Crippen LogP contribution in [0.4, 0.5) is 0 Å². The predicted molar refractivity (Wildman–Crippen MR) is 102 cm³/mol. The Labute approximate surface area is 148 Å². The van der Waals surface area contributed by atoms with Crippen molar-refractivity contribution in [1.82, 2.24) is 14.9 Å². The molecule has 0 aliphatic heterocycles. The van der Waals surface area contributed by atoms with Gasteiger partial charge in [0.05, 0.1) is 0 Å². The van der Waals surface area contributed by atoms with Gasteiger partial charge in [-0.1, -0.05) is 18.2 Å². The van der Waals surface area contributed by atoms with Crippen molar-refractivity contribution in [2.24, 2.45) is 0 Å². The Kier molecular flexibility index (Phi) is 5.49. The Morgan fingerprint density at radius 3 is 2.64 bits per heavy atom. The van der Waals surface area contributed by atoms with Crippen molar-refractivity contribution < 1.29 is 4.79 Å². The maximum Gasteiger partial charge on any atom is 0.220 e. The molecule has 0 spiro atoms. The van der Waals surface area contributed by atoms with Gasteiger partial charge < -0.3 is 9.88 Å². The van der Waals surface area contributed by atoms with Crippen LogP contribution in [0.2, 0.25) is 0 Å². The average Bonchev–Trinajstić information content (AvgIpc) is 3.00. The summed E-state index contributed by atoms with van der Waals surface area (Å²) in [5, 5.41) is 4.26. The van der Waals surface area contributed by atoms with E-state index >= 15 is 0 Å². The van der Waals surface area contributed by atoms with E-state index in [-0.39, 0.29) is 5.91 Å². The SMILES string of the molecule is CC(C)n1cc(CCC(=O)NCCc2ccncc2)c2ccccc21. The smallest absolute Gasteiger partial charge is 0.220 e. The van der Waals surface area contributed by atoms with Gasteiger partial charge in [-0.15, -0.1) is 0 Å². The molecule has 1 amide bonds. The van der Waals surface area contributed by atoms with Crippen molar-refractivity contribution in [1.29, 1.82) is 0 Å². The number of nitrogens with one attached hydrogen (secondary N) is 1. The second-order valence-electron chi connectivity index (χ2n) is 6.63. The van der Waals surface area contributed by atoms with E-state index in [4.69, 9.17) is 0 Å². The lowest BCUT2D eigenvalue weighted by Gasteiger charge is -2.08. The molecule has 0 bridgehead atoms. The fourth-order valence-corrected chi connectivity index (χ4v) is 3.14. The number of aromatic nitrogens is 2. The van der Waals surface area contributed by atoms with E-state index in [2.05, 4.69) is 59.2 Å². The van der Waals surface area contributed by atoms with Crippen LogP contribution in [0, 0.1) is 0 Å². The number of hydrogen-bond acceptors (Lipinski definition) is 2. The van der Waals surface area contributed by atoms with E-state index in [1.54, 1.807) is 12.4 Å². The molecular weight excluding hydrogens is 310 g/mol. The van der Waals surface area contributed by atoms with Crippen molar-refractivity contribution >= 4 is 16.8 Å². The molecule has 3 aromatic rings. The average molecular weight is 335 g/mol. The van der Waals surface area contributed by atoms with Gasteiger partial charge in [-0.2, -0.15) is 0 Å². The van der Waals surface area contributed by atoms with E-state index < -0.39 is 0 Å². The Morgan fingerprint density at radius 2 is 1.88 bits per heavy atom. The molecule has 4 heteroatoms. The molecule has 0 unspecified atom stereocenters. The van der Waals surface area contributed by atoms with Gasteiger partial charge in [0.1, 0.15) is 0 Å². The molecule has 1 aromatic carbocycles. The standard InChI is InChI=1S/C21H25N3O/c1-16(2)24-15-18(19-5-3-4-6-20(19)24)7-8-21(25)23-14-11-17-9-12-22-13-10-17/h3-6,9-10,12-13,15-16H,7-8,11,14H2,1-2H3,(H,23,25). The van der Waals surface area contributed by atoms with Gasteiger partial charge in [0.25, 0.3) is 0 Å². The highest BCUT2D eigenvalue weighted by Gasteiger charge is 2.11. The van der Waals surface area contributed by atoms with Gasteiger partial charge in [0.15, 0.2) is 0 Å². The molecule has 4 nitrogen and oxygen atoms in total. The zero-order chi connectivity index (χ0) is 17.6. The molecule has 0 radical (unpaired) electrons. The molecule has 0 saturated heterocycles. The highest BCUT2D eigenvalue weighted by molar-refractivity contribution is 5.85. The summed E-state index contributed by atoms with van der Waals surface area (Å²) in [5.41, 5.74) is 3.68. The first kappa shape index (κ1) is 17.2. The summed E-state index contributed by atoms with van der Waals surface area (Å²) >= 11 is 0. The zero-order valence-corrected chi connectivity index (χ0v) is 14.9. The van der Waals surface area contributed by atoms with Crippen LogP contribution in [0.15, 0.2) is 55.0 Å². The number of rotatable bonds is 7. The fourth-order valence-electron chi connectivity index (χ4n) is 3.14. The number of carbonyl (C=O) groups is 1. The second-order valence-corrected chi connectivity index (χ2v) is 6.63. The Balaban J connectivity index is 1.56. The number of amides is 1. The van der Waals surface area contributed by atoms with Crippen LogP contribution in [0.25, 0.3) is 10.9 Å². The molecular formula is C21H25N3O. The molecule has 25 heavy (non-hydrogen) atoms. The number of fused-ring (bicyclic) bond motifs is 1. The van der Waals surface area contributed by atoms with Crippen LogP contribution in [0.1, 0.15) is 37.4 Å². The molecule has 0 aliphatic carbocycles. The van der Waals surface area contributed by atoms with Crippen molar-refractivity contribution in [3.8, 4) is 0 Å². The van der Waals surface area contributed by atoms with Crippen LogP contribution < -0.4 is 5.32 Å². The van der Waals surface area contributed by atoms with E-state index in [0.29, 0.717) is 19.0 Å². The highest BCUT2D eigenvalue weighted by Crippen LogP contribution is 2.25.